The third-order valence-electron chi connectivity index (χ3n) is 13.5. The van der Waals surface area contributed by atoms with E-state index < -0.39 is 0 Å². The molecule has 0 atom stereocenters. The van der Waals surface area contributed by atoms with Crippen LogP contribution in [0.3, 0.4) is 0 Å². The molecule has 8 aliphatic carbocycles. The molecule has 2 aromatic carbocycles. The minimum atomic E-state index is 0.272. The van der Waals surface area contributed by atoms with Crippen LogP contribution in [-0.4, -0.2) is 80.5 Å². The number of benzene rings is 2. The van der Waals surface area contributed by atoms with Crippen LogP contribution < -0.4 is 18.4 Å². The second kappa shape index (κ2) is 15.3. The van der Waals surface area contributed by atoms with E-state index in [1.165, 1.54) is 99.3 Å². The first kappa shape index (κ1) is 35.9. The van der Waals surface area contributed by atoms with Crippen molar-refractivity contribution >= 4 is 35.2 Å². The van der Waals surface area contributed by atoms with Crippen LogP contribution >= 0.6 is 0 Å². The Morgan fingerprint density at radius 1 is 0.520 bits per heavy atom. The normalized spacial score (nSPS) is 33.4. The summed E-state index contributed by atoms with van der Waals surface area (Å²) in [5.74, 6) is 7.50. The van der Waals surface area contributed by atoms with E-state index in [4.69, 9.17) is 28.4 Å². The molecular formula is C42H58O6Se2. The van der Waals surface area contributed by atoms with Crippen LogP contribution in [0.1, 0.15) is 99.3 Å². The van der Waals surface area contributed by atoms with Gasteiger partial charge in [0.1, 0.15) is 0 Å². The first-order valence-electron chi connectivity index (χ1n) is 19.4. The number of methoxy groups -OCH3 is 2. The van der Waals surface area contributed by atoms with Crippen molar-refractivity contribution in [1.82, 2.24) is 0 Å². The van der Waals surface area contributed by atoms with E-state index in [9.17, 15) is 0 Å². The summed E-state index contributed by atoms with van der Waals surface area (Å²) in [6, 6.07) is 9.99. The van der Waals surface area contributed by atoms with Crippen molar-refractivity contribution in [3.63, 3.8) is 0 Å². The molecule has 0 aromatic heterocycles. The third kappa shape index (κ3) is 7.36. The Balaban J connectivity index is 1.07. The van der Waals surface area contributed by atoms with Crippen LogP contribution in [-0.2, 0) is 29.8 Å². The third-order valence-corrected chi connectivity index (χ3v) is 21.1. The Hall–Kier alpha value is -1.08. The summed E-state index contributed by atoms with van der Waals surface area (Å²) in [7, 11) is 3.43. The fourth-order valence-corrected chi connectivity index (χ4v) is 19.9. The van der Waals surface area contributed by atoms with Gasteiger partial charge in [0.2, 0.25) is 0 Å². The summed E-state index contributed by atoms with van der Waals surface area (Å²) in [6.07, 6.45) is 16.7. The maximum absolute atomic E-state index is 6.49. The minimum absolute atomic E-state index is 0.272. The number of hydrogen-bond acceptors (Lipinski definition) is 6. The van der Waals surface area contributed by atoms with Crippen molar-refractivity contribution in [2.75, 3.05) is 54.2 Å². The Morgan fingerprint density at radius 2 is 0.860 bits per heavy atom. The molecule has 8 fully saturated rings. The SMILES string of the molecule is COCCOCOc1cc(C)c([Se][Se]c2cc(C34CC5CC(CC(C5)C3)C4)c(OCOCCOC)cc2C)cc1C12CC3CC(CC(C3)C1)C2. The topological polar surface area (TPSA) is 55.4 Å². The van der Waals surface area contributed by atoms with Gasteiger partial charge in [0, 0.05) is 0 Å². The van der Waals surface area contributed by atoms with Gasteiger partial charge in [0.15, 0.2) is 0 Å². The Kier molecular flexibility index (Phi) is 11.0. The Bertz CT molecular complexity index is 1330. The molecule has 0 heterocycles. The summed E-state index contributed by atoms with van der Waals surface area (Å²) < 4.78 is 38.2. The van der Waals surface area contributed by atoms with Crippen molar-refractivity contribution in [1.29, 1.82) is 0 Å². The summed E-state index contributed by atoms with van der Waals surface area (Å²) in [5, 5.41) is 0. The van der Waals surface area contributed by atoms with Crippen LogP contribution in [0.25, 0.3) is 0 Å². The molecule has 0 spiro atoms. The van der Waals surface area contributed by atoms with Gasteiger partial charge >= 0.3 is 313 Å². The second-order valence-corrected chi connectivity index (χ2v) is 23.3. The quantitative estimate of drug-likeness (QED) is 0.103. The van der Waals surface area contributed by atoms with Crippen LogP contribution in [0.4, 0.5) is 0 Å². The van der Waals surface area contributed by atoms with Crippen LogP contribution in [0.15, 0.2) is 24.3 Å². The van der Waals surface area contributed by atoms with E-state index in [0.717, 1.165) is 47.0 Å². The zero-order valence-electron chi connectivity index (χ0n) is 30.8. The van der Waals surface area contributed by atoms with Gasteiger partial charge in [-0.2, -0.15) is 0 Å². The molecule has 8 aliphatic rings. The summed E-state index contributed by atoms with van der Waals surface area (Å²) >= 11 is 0.744. The molecule has 0 amide bonds. The standard InChI is InChI=1S/C42H58O6Se2/c1-27-9-37(47-25-45-7-5-43-3)35(41-19-29-11-30(20-41)13-31(12-29)21-41)17-39(27)49-50-40-18-36(38(10-28(40)2)48-26-46-8-6-44-4)42-22-32-14-33(23-42)16-34(15-32)24-42/h9-10,17-18,29-34H,5-8,11-16,19-26H2,1-4H3. The summed E-state index contributed by atoms with van der Waals surface area (Å²) in [6.45, 7) is 7.48. The molecule has 50 heavy (non-hydrogen) atoms. The number of aryl methyl sites for hydroxylation is 2. The molecule has 2 aromatic rings. The monoisotopic (exact) mass is 818 g/mol. The van der Waals surface area contributed by atoms with Gasteiger partial charge < -0.3 is 0 Å². The van der Waals surface area contributed by atoms with E-state index in [1.54, 1.807) is 23.1 Å². The van der Waals surface area contributed by atoms with Crippen molar-refractivity contribution < 1.29 is 28.4 Å². The van der Waals surface area contributed by atoms with Crippen molar-refractivity contribution in [3.8, 4) is 11.5 Å². The molecule has 8 bridgehead atoms. The number of hydrogen-bond donors (Lipinski definition) is 0. The average Bonchev–Trinajstić information content (AvgIpc) is 3.07. The number of ether oxygens (including phenoxy) is 6. The van der Waals surface area contributed by atoms with Gasteiger partial charge in [-0.3, -0.25) is 0 Å². The van der Waals surface area contributed by atoms with Gasteiger partial charge in [0.25, 0.3) is 0 Å². The Labute approximate surface area is 311 Å². The van der Waals surface area contributed by atoms with E-state index in [0.29, 0.717) is 52.7 Å². The molecule has 0 aliphatic heterocycles. The van der Waals surface area contributed by atoms with E-state index >= 15 is 0 Å². The molecule has 0 radical (unpaired) electrons. The fourth-order valence-electron chi connectivity index (χ4n) is 12.2. The zero-order valence-corrected chi connectivity index (χ0v) is 34.2. The second-order valence-electron chi connectivity index (χ2n) is 17.1. The number of rotatable bonds is 17. The molecular weight excluding hydrogens is 758 g/mol. The van der Waals surface area contributed by atoms with Crippen molar-refractivity contribution in [2.24, 2.45) is 35.5 Å². The summed E-state index contributed by atoms with van der Waals surface area (Å²) in [4.78, 5) is 0. The van der Waals surface area contributed by atoms with Gasteiger partial charge in [-0.1, -0.05) is 0 Å². The van der Waals surface area contributed by atoms with E-state index in [2.05, 4.69) is 38.1 Å². The fraction of sp³-hybridized carbons (Fsp3) is 0.714. The van der Waals surface area contributed by atoms with E-state index in [-0.39, 0.29) is 24.4 Å². The van der Waals surface area contributed by atoms with Gasteiger partial charge in [0.05, 0.1) is 0 Å². The predicted octanol–water partition coefficient (Wildman–Crippen LogP) is 6.51. The van der Waals surface area contributed by atoms with Crippen LogP contribution in [0.5, 0.6) is 11.5 Å². The summed E-state index contributed by atoms with van der Waals surface area (Å²) in [5.41, 5.74) is 6.28. The Morgan fingerprint density at radius 3 is 1.18 bits per heavy atom. The molecule has 8 saturated carbocycles. The van der Waals surface area contributed by atoms with Gasteiger partial charge in [-0.15, -0.1) is 0 Å². The van der Waals surface area contributed by atoms with Crippen molar-refractivity contribution in [3.05, 3.63) is 46.5 Å². The molecule has 274 valence electrons. The molecule has 0 N–H and O–H groups in total. The molecule has 8 heteroatoms. The van der Waals surface area contributed by atoms with E-state index in [1.807, 2.05) is 0 Å². The van der Waals surface area contributed by atoms with Gasteiger partial charge in [-0.25, -0.2) is 0 Å². The first-order chi connectivity index (χ1) is 24.3. The zero-order chi connectivity index (χ0) is 34.3. The first-order valence-corrected chi connectivity index (χ1v) is 25.4. The maximum atomic E-state index is 6.49. The van der Waals surface area contributed by atoms with Gasteiger partial charge in [-0.05, 0) is 0 Å². The predicted molar refractivity (Wildman–Crippen MR) is 199 cm³/mol. The van der Waals surface area contributed by atoms with Crippen molar-refractivity contribution in [2.45, 2.75) is 102 Å². The molecule has 0 unspecified atom stereocenters. The van der Waals surface area contributed by atoms with Crippen LogP contribution in [0, 0.1) is 49.4 Å². The molecule has 0 saturated heterocycles. The average molecular weight is 817 g/mol. The van der Waals surface area contributed by atoms with Crippen LogP contribution in [0.2, 0.25) is 0 Å². The molecule has 10 rings (SSSR count). The molecule has 6 nitrogen and oxygen atoms in total.